The fourth-order valence-corrected chi connectivity index (χ4v) is 3.20. The number of aromatic amines is 1. The number of ether oxygens (including phenoxy) is 3. The molecule has 1 aromatic heterocycles. The van der Waals surface area contributed by atoms with Gasteiger partial charge in [0, 0.05) is 19.3 Å². The summed E-state index contributed by atoms with van der Waals surface area (Å²) in [6.45, 7) is 7.01. The molecule has 7 heteroatoms. The van der Waals surface area contributed by atoms with Gasteiger partial charge >= 0.3 is 5.97 Å². The quantitative estimate of drug-likeness (QED) is 0.817. The number of carbonyl (C=O) groups is 2. The molecule has 1 aliphatic heterocycles. The molecule has 0 aliphatic carbocycles. The normalized spacial score (nSPS) is 12.6. The van der Waals surface area contributed by atoms with E-state index in [2.05, 4.69) is 4.98 Å². The summed E-state index contributed by atoms with van der Waals surface area (Å²) in [4.78, 5) is 29.6. The van der Waals surface area contributed by atoms with Gasteiger partial charge in [-0.3, -0.25) is 4.79 Å². The first-order valence-electron chi connectivity index (χ1n) is 8.92. The molecule has 0 spiro atoms. The zero-order chi connectivity index (χ0) is 19.6. The third-order valence-corrected chi connectivity index (χ3v) is 4.50. The molecule has 0 saturated carbocycles. The highest BCUT2D eigenvalue weighted by atomic mass is 16.6. The molecule has 0 radical (unpaired) electrons. The average molecular weight is 372 g/mol. The lowest BCUT2D eigenvalue weighted by Crippen LogP contribution is -2.27. The van der Waals surface area contributed by atoms with Gasteiger partial charge in [-0.05, 0) is 44.0 Å². The van der Waals surface area contributed by atoms with Crippen molar-refractivity contribution in [3.8, 4) is 11.5 Å². The average Bonchev–Trinajstić information content (AvgIpc) is 2.95. The zero-order valence-corrected chi connectivity index (χ0v) is 16.0. The van der Waals surface area contributed by atoms with Crippen molar-refractivity contribution in [1.82, 2.24) is 9.88 Å². The number of amides is 1. The summed E-state index contributed by atoms with van der Waals surface area (Å²) in [6, 6.07) is 5.65. The van der Waals surface area contributed by atoms with Crippen molar-refractivity contribution in [2.24, 2.45) is 0 Å². The topological polar surface area (TPSA) is 80.9 Å². The van der Waals surface area contributed by atoms with Gasteiger partial charge in [-0.2, -0.15) is 0 Å². The van der Waals surface area contributed by atoms with Gasteiger partial charge in [0.15, 0.2) is 11.5 Å². The summed E-state index contributed by atoms with van der Waals surface area (Å²) in [7, 11) is 1.72. The van der Waals surface area contributed by atoms with Crippen LogP contribution in [-0.4, -0.2) is 48.6 Å². The van der Waals surface area contributed by atoms with Crippen molar-refractivity contribution in [2.75, 3.05) is 26.9 Å². The number of esters is 1. The Morgan fingerprint density at radius 1 is 1.19 bits per heavy atom. The molecular weight excluding hydrogens is 348 g/mol. The molecule has 0 atom stereocenters. The molecule has 7 nitrogen and oxygen atoms in total. The van der Waals surface area contributed by atoms with Crippen LogP contribution in [0.25, 0.3) is 0 Å². The highest BCUT2D eigenvalue weighted by Gasteiger charge is 2.25. The highest BCUT2D eigenvalue weighted by molar-refractivity contribution is 6.00. The summed E-state index contributed by atoms with van der Waals surface area (Å²) < 4.78 is 16.2. The molecule has 0 saturated heterocycles. The maximum atomic E-state index is 12.9. The van der Waals surface area contributed by atoms with Crippen molar-refractivity contribution in [1.29, 1.82) is 0 Å². The number of nitrogens with zero attached hydrogens (tertiary/aromatic N) is 1. The highest BCUT2D eigenvalue weighted by Crippen LogP contribution is 2.31. The van der Waals surface area contributed by atoms with Gasteiger partial charge in [0.1, 0.15) is 18.9 Å². The molecule has 0 bridgehead atoms. The van der Waals surface area contributed by atoms with Crippen LogP contribution in [0.4, 0.5) is 0 Å². The van der Waals surface area contributed by atoms with E-state index in [9.17, 15) is 9.59 Å². The number of rotatable bonds is 5. The first-order valence-corrected chi connectivity index (χ1v) is 8.92. The van der Waals surface area contributed by atoms with Crippen LogP contribution in [0, 0.1) is 13.8 Å². The Labute approximate surface area is 158 Å². The summed E-state index contributed by atoms with van der Waals surface area (Å²) in [5.74, 6) is 0.795. The van der Waals surface area contributed by atoms with Gasteiger partial charge in [0.25, 0.3) is 5.91 Å². The van der Waals surface area contributed by atoms with E-state index in [1.807, 2.05) is 18.2 Å². The molecule has 3 rings (SSSR count). The van der Waals surface area contributed by atoms with Crippen LogP contribution in [0.2, 0.25) is 0 Å². The summed E-state index contributed by atoms with van der Waals surface area (Å²) in [5.41, 5.74) is 2.98. The van der Waals surface area contributed by atoms with E-state index in [4.69, 9.17) is 14.2 Å². The molecule has 144 valence electrons. The number of H-pyrrole nitrogens is 1. The van der Waals surface area contributed by atoms with Gasteiger partial charge in [-0.15, -0.1) is 0 Å². The second-order valence-corrected chi connectivity index (χ2v) is 6.48. The van der Waals surface area contributed by atoms with E-state index >= 15 is 0 Å². The standard InChI is InChI=1S/C20H24N2O5/c1-5-25-20(24)17-12(2)18(21-13(17)3)19(23)22(4)11-14-6-7-15-16(10-14)27-9-8-26-15/h6-7,10,21H,5,8-9,11H2,1-4H3. The van der Waals surface area contributed by atoms with Crippen molar-refractivity contribution in [2.45, 2.75) is 27.3 Å². The van der Waals surface area contributed by atoms with Crippen LogP contribution in [-0.2, 0) is 11.3 Å². The number of benzene rings is 1. The van der Waals surface area contributed by atoms with Crippen molar-refractivity contribution >= 4 is 11.9 Å². The maximum absolute atomic E-state index is 12.9. The molecule has 0 fully saturated rings. The van der Waals surface area contributed by atoms with Crippen LogP contribution in [0.5, 0.6) is 11.5 Å². The van der Waals surface area contributed by atoms with Crippen LogP contribution in [0.15, 0.2) is 18.2 Å². The predicted octanol–water partition coefficient (Wildman–Crippen LogP) is 2.85. The number of nitrogens with one attached hydrogen (secondary N) is 1. The van der Waals surface area contributed by atoms with E-state index in [0.29, 0.717) is 53.8 Å². The largest absolute Gasteiger partial charge is 0.486 e. The Hall–Kier alpha value is -2.96. The SMILES string of the molecule is CCOC(=O)c1c(C)[nH]c(C(=O)N(C)Cc2ccc3c(c2)OCCO3)c1C. The Morgan fingerprint density at radius 2 is 1.89 bits per heavy atom. The first kappa shape index (κ1) is 18.8. The maximum Gasteiger partial charge on any atom is 0.340 e. The van der Waals surface area contributed by atoms with Gasteiger partial charge in [0.05, 0.1) is 12.2 Å². The Bertz CT molecular complexity index is 871. The molecule has 1 aromatic carbocycles. The Kier molecular flexibility index (Phi) is 5.39. The van der Waals surface area contributed by atoms with E-state index in [1.54, 1.807) is 32.7 Å². The lowest BCUT2D eigenvalue weighted by Gasteiger charge is -2.21. The molecule has 1 N–H and O–H groups in total. The van der Waals surface area contributed by atoms with Crippen molar-refractivity contribution < 1.29 is 23.8 Å². The fourth-order valence-electron chi connectivity index (χ4n) is 3.20. The molecule has 2 aromatic rings. The first-order chi connectivity index (χ1) is 12.9. The molecule has 1 aliphatic rings. The van der Waals surface area contributed by atoms with Gasteiger partial charge < -0.3 is 24.1 Å². The van der Waals surface area contributed by atoms with Crippen molar-refractivity contribution in [3.63, 3.8) is 0 Å². The number of hydrogen-bond donors (Lipinski definition) is 1. The number of fused-ring (bicyclic) bond motifs is 1. The minimum atomic E-state index is -0.419. The van der Waals surface area contributed by atoms with Gasteiger partial charge in [0.2, 0.25) is 0 Å². The molecular formula is C20H24N2O5. The second-order valence-electron chi connectivity index (χ2n) is 6.48. The number of hydrogen-bond acceptors (Lipinski definition) is 5. The summed E-state index contributed by atoms with van der Waals surface area (Å²) in [6.07, 6.45) is 0. The molecule has 0 unspecified atom stereocenters. The smallest absolute Gasteiger partial charge is 0.340 e. The minimum Gasteiger partial charge on any atom is -0.486 e. The van der Waals surface area contributed by atoms with Crippen LogP contribution >= 0.6 is 0 Å². The van der Waals surface area contributed by atoms with Crippen LogP contribution in [0.3, 0.4) is 0 Å². The summed E-state index contributed by atoms with van der Waals surface area (Å²) >= 11 is 0. The Balaban J connectivity index is 1.78. The minimum absolute atomic E-state index is 0.193. The van der Waals surface area contributed by atoms with E-state index in [-0.39, 0.29) is 12.5 Å². The van der Waals surface area contributed by atoms with Crippen LogP contribution < -0.4 is 9.47 Å². The molecule has 1 amide bonds. The molecule has 2 heterocycles. The fraction of sp³-hybridized carbons (Fsp3) is 0.400. The lowest BCUT2D eigenvalue weighted by atomic mass is 10.1. The third kappa shape index (κ3) is 3.77. The molecule has 27 heavy (non-hydrogen) atoms. The number of aryl methyl sites for hydroxylation is 1. The van der Waals surface area contributed by atoms with Gasteiger partial charge in [-0.1, -0.05) is 6.07 Å². The van der Waals surface area contributed by atoms with Gasteiger partial charge in [-0.25, -0.2) is 4.79 Å². The van der Waals surface area contributed by atoms with Crippen molar-refractivity contribution in [3.05, 3.63) is 46.3 Å². The lowest BCUT2D eigenvalue weighted by molar-refractivity contribution is 0.0525. The third-order valence-electron chi connectivity index (χ3n) is 4.50. The van der Waals surface area contributed by atoms with E-state index in [1.165, 1.54) is 0 Å². The van der Waals surface area contributed by atoms with E-state index in [0.717, 1.165) is 5.56 Å². The summed E-state index contributed by atoms with van der Waals surface area (Å²) in [5, 5.41) is 0. The number of carbonyl (C=O) groups excluding carboxylic acids is 2. The second kappa shape index (κ2) is 7.73. The van der Waals surface area contributed by atoms with E-state index < -0.39 is 5.97 Å². The predicted molar refractivity (Wildman–Crippen MR) is 99.5 cm³/mol. The number of aromatic nitrogens is 1. The van der Waals surface area contributed by atoms with Crippen LogP contribution in [0.1, 0.15) is 44.6 Å². The Morgan fingerprint density at radius 3 is 2.59 bits per heavy atom. The zero-order valence-electron chi connectivity index (χ0n) is 16.0. The monoisotopic (exact) mass is 372 g/mol.